The Bertz CT molecular complexity index is 104. The van der Waals surface area contributed by atoms with E-state index < -0.39 is 0 Å². The first kappa shape index (κ1) is 12.0. The summed E-state index contributed by atoms with van der Waals surface area (Å²) in [4.78, 5) is 0. The third kappa shape index (κ3) is 3.57. The predicted molar refractivity (Wildman–Crippen MR) is 54.4 cm³/mol. The molecule has 0 spiro atoms. The molecule has 0 radical (unpaired) electrons. The van der Waals surface area contributed by atoms with Gasteiger partial charge in [-0.05, 0) is 18.3 Å². The second kappa shape index (κ2) is 5.58. The maximum atomic E-state index is 5.46. The van der Waals surface area contributed by atoms with Crippen molar-refractivity contribution in [1.82, 2.24) is 0 Å². The zero-order valence-electron chi connectivity index (χ0n) is 9.31. The smallest absolute Gasteiger partial charge is 0.0619 e. The van der Waals surface area contributed by atoms with E-state index in [1.807, 2.05) is 7.11 Å². The molecule has 0 heterocycles. The van der Waals surface area contributed by atoms with Crippen molar-refractivity contribution in [2.24, 2.45) is 5.41 Å². The largest absolute Gasteiger partial charge is 0.381 e. The van der Waals surface area contributed by atoms with E-state index in [1.165, 1.54) is 19.3 Å². The lowest BCUT2D eigenvalue weighted by Gasteiger charge is -2.32. The lowest BCUT2D eigenvalue weighted by atomic mass is 9.80. The molecule has 74 valence electrons. The first-order valence-corrected chi connectivity index (χ1v) is 5.11. The van der Waals surface area contributed by atoms with E-state index in [4.69, 9.17) is 4.74 Å². The first-order chi connectivity index (χ1) is 5.58. The van der Waals surface area contributed by atoms with Crippen LogP contribution in [0.3, 0.4) is 0 Å². The number of methoxy groups -OCH3 is 1. The second-order valence-corrected chi connectivity index (χ2v) is 4.22. The second-order valence-electron chi connectivity index (χ2n) is 4.22. The van der Waals surface area contributed by atoms with Gasteiger partial charge in [-0.1, -0.05) is 40.5 Å². The van der Waals surface area contributed by atoms with Crippen molar-refractivity contribution in [3.63, 3.8) is 0 Å². The van der Waals surface area contributed by atoms with Crippen LogP contribution in [0.5, 0.6) is 0 Å². The molecule has 0 aromatic carbocycles. The Balaban J connectivity index is 3.96. The van der Waals surface area contributed by atoms with Crippen molar-refractivity contribution in [3.8, 4) is 0 Å². The summed E-state index contributed by atoms with van der Waals surface area (Å²) in [6, 6.07) is 0. The van der Waals surface area contributed by atoms with Gasteiger partial charge >= 0.3 is 0 Å². The van der Waals surface area contributed by atoms with Crippen molar-refractivity contribution in [2.75, 3.05) is 7.11 Å². The molecule has 1 nitrogen and oxygen atoms in total. The Morgan fingerprint density at radius 3 is 2.17 bits per heavy atom. The molecule has 0 fully saturated rings. The molecule has 0 aliphatic heterocycles. The number of hydrogen-bond donors (Lipinski definition) is 0. The van der Waals surface area contributed by atoms with Gasteiger partial charge in [0.05, 0.1) is 6.10 Å². The van der Waals surface area contributed by atoms with Crippen molar-refractivity contribution in [3.05, 3.63) is 0 Å². The summed E-state index contributed by atoms with van der Waals surface area (Å²) in [7, 11) is 1.82. The van der Waals surface area contributed by atoms with E-state index in [0.717, 1.165) is 6.42 Å². The number of hydrogen-bond acceptors (Lipinski definition) is 1. The Morgan fingerprint density at radius 2 is 1.83 bits per heavy atom. The monoisotopic (exact) mass is 172 g/mol. The summed E-state index contributed by atoms with van der Waals surface area (Å²) in [5, 5.41) is 0. The van der Waals surface area contributed by atoms with Crippen molar-refractivity contribution in [1.29, 1.82) is 0 Å². The minimum atomic E-state index is 0.347. The molecule has 0 bridgehead atoms. The molecule has 1 atom stereocenters. The van der Waals surface area contributed by atoms with E-state index in [2.05, 4.69) is 27.7 Å². The van der Waals surface area contributed by atoms with E-state index >= 15 is 0 Å². The van der Waals surface area contributed by atoms with Gasteiger partial charge in [0.2, 0.25) is 0 Å². The average Bonchev–Trinajstić information content (AvgIpc) is 2.03. The molecule has 0 saturated heterocycles. The standard InChI is InChI=1S/C11H24O/c1-6-8-9-11(3,4)10(7-2)12-5/h10H,6-9H2,1-5H3. The quantitative estimate of drug-likeness (QED) is 0.594. The molecule has 12 heavy (non-hydrogen) atoms. The highest BCUT2D eigenvalue weighted by Gasteiger charge is 2.26. The van der Waals surface area contributed by atoms with Crippen molar-refractivity contribution < 1.29 is 4.74 Å². The predicted octanol–water partition coefficient (Wildman–Crippen LogP) is 3.63. The number of rotatable bonds is 6. The van der Waals surface area contributed by atoms with E-state index in [-0.39, 0.29) is 0 Å². The Labute approximate surface area is 77.5 Å². The van der Waals surface area contributed by atoms with Crippen LogP contribution in [0.4, 0.5) is 0 Å². The fourth-order valence-corrected chi connectivity index (χ4v) is 1.83. The van der Waals surface area contributed by atoms with Crippen molar-refractivity contribution in [2.45, 2.75) is 59.5 Å². The van der Waals surface area contributed by atoms with Crippen LogP contribution >= 0.6 is 0 Å². The van der Waals surface area contributed by atoms with Gasteiger partial charge in [0.1, 0.15) is 0 Å². The van der Waals surface area contributed by atoms with Crippen LogP contribution in [-0.4, -0.2) is 13.2 Å². The van der Waals surface area contributed by atoms with Gasteiger partial charge in [-0.2, -0.15) is 0 Å². The molecule has 1 unspecified atom stereocenters. The molecule has 1 heteroatoms. The molecule has 0 aromatic rings. The molecule has 0 N–H and O–H groups in total. The van der Waals surface area contributed by atoms with Crippen molar-refractivity contribution >= 4 is 0 Å². The molecule has 0 aliphatic carbocycles. The van der Waals surface area contributed by atoms with E-state index in [9.17, 15) is 0 Å². The summed E-state index contributed by atoms with van der Waals surface area (Å²) < 4.78 is 5.46. The van der Waals surface area contributed by atoms with Crippen LogP contribution in [0.2, 0.25) is 0 Å². The van der Waals surface area contributed by atoms with Crippen LogP contribution in [0.1, 0.15) is 53.4 Å². The van der Waals surface area contributed by atoms with Gasteiger partial charge in [-0.3, -0.25) is 0 Å². The van der Waals surface area contributed by atoms with Crippen LogP contribution < -0.4 is 0 Å². The lowest BCUT2D eigenvalue weighted by molar-refractivity contribution is -0.00113. The van der Waals surface area contributed by atoms with Crippen LogP contribution in [0.25, 0.3) is 0 Å². The average molecular weight is 172 g/mol. The minimum Gasteiger partial charge on any atom is -0.381 e. The van der Waals surface area contributed by atoms with E-state index in [0.29, 0.717) is 11.5 Å². The SMILES string of the molecule is CCCCC(C)(C)C(CC)OC. The fraction of sp³-hybridized carbons (Fsp3) is 1.00. The number of unbranched alkanes of at least 4 members (excludes halogenated alkanes) is 1. The summed E-state index contributed by atoms with van der Waals surface area (Å²) in [6.07, 6.45) is 5.41. The zero-order chi connectivity index (χ0) is 9.61. The summed E-state index contributed by atoms with van der Waals surface area (Å²) >= 11 is 0. The Hall–Kier alpha value is -0.0400. The summed E-state index contributed by atoms with van der Waals surface area (Å²) in [5.41, 5.74) is 0.347. The molecule has 0 saturated carbocycles. The molecular formula is C11H24O. The van der Waals surface area contributed by atoms with E-state index in [1.54, 1.807) is 0 Å². The number of ether oxygens (including phenoxy) is 1. The highest BCUT2D eigenvalue weighted by atomic mass is 16.5. The minimum absolute atomic E-state index is 0.347. The topological polar surface area (TPSA) is 9.23 Å². The normalized spacial score (nSPS) is 14.8. The van der Waals surface area contributed by atoms with Gasteiger partial charge in [-0.15, -0.1) is 0 Å². The summed E-state index contributed by atoms with van der Waals surface area (Å²) in [5.74, 6) is 0. The molecular weight excluding hydrogens is 148 g/mol. The maximum Gasteiger partial charge on any atom is 0.0619 e. The molecule has 0 amide bonds. The molecule has 0 aliphatic rings. The van der Waals surface area contributed by atoms with Crippen LogP contribution in [0, 0.1) is 5.41 Å². The van der Waals surface area contributed by atoms with Gasteiger partial charge in [-0.25, -0.2) is 0 Å². The van der Waals surface area contributed by atoms with Gasteiger partial charge in [0, 0.05) is 7.11 Å². The Kier molecular flexibility index (Phi) is 5.56. The third-order valence-corrected chi connectivity index (χ3v) is 2.70. The first-order valence-electron chi connectivity index (χ1n) is 5.11. The Morgan fingerprint density at radius 1 is 1.25 bits per heavy atom. The molecule has 0 rings (SSSR count). The van der Waals surface area contributed by atoms with Gasteiger partial charge in [0.15, 0.2) is 0 Å². The van der Waals surface area contributed by atoms with Gasteiger partial charge in [0.25, 0.3) is 0 Å². The highest BCUT2D eigenvalue weighted by molar-refractivity contribution is 4.77. The van der Waals surface area contributed by atoms with Gasteiger partial charge < -0.3 is 4.74 Å². The van der Waals surface area contributed by atoms with Crippen LogP contribution in [-0.2, 0) is 4.74 Å². The van der Waals surface area contributed by atoms with Crippen LogP contribution in [0.15, 0.2) is 0 Å². The fourth-order valence-electron chi connectivity index (χ4n) is 1.83. The third-order valence-electron chi connectivity index (χ3n) is 2.70. The highest BCUT2D eigenvalue weighted by Crippen LogP contribution is 2.31. The molecule has 0 aromatic heterocycles. The lowest BCUT2D eigenvalue weighted by Crippen LogP contribution is -2.30. The zero-order valence-corrected chi connectivity index (χ0v) is 9.31. The maximum absolute atomic E-state index is 5.46. The summed E-state index contributed by atoms with van der Waals surface area (Å²) in [6.45, 7) is 9.05.